The van der Waals surface area contributed by atoms with Crippen molar-refractivity contribution in [3.05, 3.63) is 0 Å². The Morgan fingerprint density at radius 3 is 2.82 bits per heavy atom. The SMILES string of the molecule is [O]CCNC1CCC2(CC2)O1. The van der Waals surface area contributed by atoms with E-state index in [2.05, 4.69) is 5.32 Å². The van der Waals surface area contributed by atoms with E-state index in [1.165, 1.54) is 19.3 Å². The molecule has 1 atom stereocenters. The van der Waals surface area contributed by atoms with Crippen LogP contribution in [0.4, 0.5) is 0 Å². The van der Waals surface area contributed by atoms with E-state index in [0.29, 0.717) is 6.54 Å². The van der Waals surface area contributed by atoms with Gasteiger partial charge in [0.05, 0.1) is 12.2 Å². The molecular formula is C8H14NO2. The molecular weight excluding hydrogens is 142 g/mol. The lowest BCUT2D eigenvalue weighted by Crippen LogP contribution is -2.31. The summed E-state index contributed by atoms with van der Waals surface area (Å²) in [5, 5.41) is 13.2. The highest BCUT2D eigenvalue weighted by molar-refractivity contribution is 5.00. The van der Waals surface area contributed by atoms with E-state index in [1.807, 2.05) is 0 Å². The Bertz CT molecular complexity index is 145. The molecule has 1 radical (unpaired) electrons. The molecule has 1 heterocycles. The van der Waals surface area contributed by atoms with Gasteiger partial charge in [0.15, 0.2) is 0 Å². The van der Waals surface area contributed by atoms with Crippen LogP contribution in [0.3, 0.4) is 0 Å². The second-order valence-corrected chi connectivity index (χ2v) is 3.49. The second-order valence-electron chi connectivity index (χ2n) is 3.49. The van der Waals surface area contributed by atoms with Gasteiger partial charge in [0, 0.05) is 6.54 Å². The quantitative estimate of drug-likeness (QED) is 0.652. The second kappa shape index (κ2) is 2.73. The summed E-state index contributed by atoms with van der Waals surface area (Å²) in [4.78, 5) is 0. The van der Waals surface area contributed by atoms with E-state index in [1.54, 1.807) is 0 Å². The predicted octanol–water partition coefficient (Wildman–Crippen LogP) is 0.676. The summed E-state index contributed by atoms with van der Waals surface area (Å²) in [6.07, 6.45) is 4.89. The first-order valence-corrected chi connectivity index (χ1v) is 4.34. The molecule has 1 aliphatic heterocycles. The average molecular weight is 156 g/mol. The molecule has 0 bridgehead atoms. The topological polar surface area (TPSA) is 41.2 Å². The maximum absolute atomic E-state index is 10.1. The van der Waals surface area contributed by atoms with E-state index in [0.717, 1.165) is 6.42 Å². The van der Waals surface area contributed by atoms with Crippen molar-refractivity contribution in [2.24, 2.45) is 0 Å². The third-order valence-electron chi connectivity index (χ3n) is 2.54. The Morgan fingerprint density at radius 2 is 2.27 bits per heavy atom. The van der Waals surface area contributed by atoms with Crippen LogP contribution in [-0.2, 0) is 9.84 Å². The molecule has 1 saturated heterocycles. The standard InChI is InChI=1S/C8H14NO2/c10-6-5-9-7-1-2-8(11-7)3-4-8/h7,9H,1-6H2. The van der Waals surface area contributed by atoms with Crippen LogP contribution in [0.15, 0.2) is 0 Å². The zero-order valence-electron chi connectivity index (χ0n) is 6.64. The minimum absolute atomic E-state index is 0.0488. The lowest BCUT2D eigenvalue weighted by molar-refractivity contribution is 0.00628. The fourth-order valence-electron chi connectivity index (χ4n) is 1.68. The number of hydrogen-bond acceptors (Lipinski definition) is 2. The molecule has 1 N–H and O–H groups in total. The molecule has 11 heavy (non-hydrogen) atoms. The van der Waals surface area contributed by atoms with Crippen LogP contribution in [0.1, 0.15) is 25.7 Å². The van der Waals surface area contributed by atoms with Crippen LogP contribution in [0.25, 0.3) is 0 Å². The van der Waals surface area contributed by atoms with Gasteiger partial charge < -0.3 is 4.74 Å². The van der Waals surface area contributed by atoms with Crippen LogP contribution < -0.4 is 5.32 Å². The van der Waals surface area contributed by atoms with Gasteiger partial charge >= 0.3 is 0 Å². The number of nitrogens with one attached hydrogen (secondary N) is 1. The van der Waals surface area contributed by atoms with Crippen LogP contribution in [0, 0.1) is 0 Å². The first-order chi connectivity index (χ1) is 5.35. The van der Waals surface area contributed by atoms with E-state index in [9.17, 15) is 5.11 Å². The molecule has 0 aromatic rings. The smallest absolute Gasteiger partial charge is 0.109 e. The van der Waals surface area contributed by atoms with Gasteiger partial charge in [-0.25, -0.2) is 5.11 Å². The van der Waals surface area contributed by atoms with Crippen molar-refractivity contribution in [2.45, 2.75) is 37.5 Å². The van der Waals surface area contributed by atoms with Gasteiger partial charge in [0.25, 0.3) is 0 Å². The lowest BCUT2D eigenvalue weighted by Gasteiger charge is -2.12. The van der Waals surface area contributed by atoms with E-state index in [4.69, 9.17) is 4.74 Å². The highest BCUT2D eigenvalue weighted by Gasteiger charge is 2.49. The Morgan fingerprint density at radius 1 is 1.45 bits per heavy atom. The molecule has 1 unspecified atom stereocenters. The van der Waals surface area contributed by atoms with Crippen LogP contribution >= 0.6 is 0 Å². The average Bonchev–Trinajstić information content (AvgIpc) is 2.61. The number of rotatable bonds is 3. The zero-order chi connectivity index (χ0) is 7.73. The molecule has 1 saturated carbocycles. The lowest BCUT2D eigenvalue weighted by atomic mass is 10.2. The molecule has 63 valence electrons. The number of hydrogen-bond donors (Lipinski definition) is 1. The van der Waals surface area contributed by atoms with E-state index < -0.39 is 0 Å². The Labute approximate surface area is 66.7 Å². The first-order valence-electron chi connectivity index (χ1n) is 4.34. The maximum Gasteiger partial charge on any atom is 0.109 e. The molecule has 1 spiro atoms. The van der Waals surface area contributed by atoms with Gasteiger partial charge in [0.2, 0.25) is 0 Å². The van der Waals surface area contributed by atoms with Gasteiger partial charge in [-0.05, 0) is 25.7 Å². The van der Waals surface area contributed by atoms with Crippen LogP contribution in [0.5, 0.6) is 0 Å². The van der Waals surface area contributed by atoms with Gasteiger partial charge in [-0.1, -0.05) is 0 Å². The van der Waals surface area contributed by atoms with E-state index >= 15 is 0 Å². The highest BCUT2D eigenvalue weighted by Crippen LogP contribution is 2.48. The largest absolute Gasteiger partial charge is 0.357 e. The van der Waals surface area contributed by atoms with E-state index in [-0.39, 0.29) is 18.4 Å². The Balaban J connectivity index is 1.72. The number of ether oxygens (including phenoxy) is 1. The van der Waals surface area contributed by atoms with Gasteiger partial charge in [0.1, 0.15) is 6.23 Å². The van der Waals surface area contributed by atoms with Crippen molar-refractivity contribution in [3.8, 4) is 0 Å². The summed E-state index contributed by atoms with van der Waals surface area (Å²) in [7, 11) is 0. The summed E-state index contributed by atoms with van der Waals surface area (Å²) in [6.45, 7) is 0.494. The van der Waals surface area contributed by atoms with Crippen molar-refractivity contribution in [1.82, 2.24) is 5.32 Å². The monoisotopic (exact) mass is 156 g/mol. The molecule has 0 amide bonds. The minimum Gasteiger partial charge on any atom is -0.357 e. The van der Waals surface area contributed by atoms with Gasteiger partial charge in [-0.2, -0.15) is 0 Å². The van der Waals surface area contributed by atoms with Crippen LogP contribution in [-0.4, -0.2) is 25.0 Å². The third kappa shape index (κ3) is 1.55. The molecule has 0 aromatic carbocycles. The summed E-state index contributed by atoms with van der Waals surface area (Å²) in [5.74, 6) is 0. The molecule has 3 heteroatoms. The molecule has 3 nitrogen and oxygen atoms in total. The van der Waals surface area contributed by atoms with Gasteiger partial charge in [-0.3, -0.25) is 5.32 Å². The Kier molecular flexibility index (Phi) is 1.87. The maximum atomic E-state index is 10.1. The van der Waals surface area contributed by atoms with Crippen molar-refractivity contribution < 1.29 is 9.84 Å². The normalized spacial score (nSPS) is 33.0. The highest BCUT2D eigenvalue weighted by atomic mass is 16.5. The third-order valence-corrected chi connectivity index (χ3v) is 2.54. The van der Waals surface area contributed by atoms with Crippen molar-refractivity contribution >= 4 is 0 Å². The fraction of sp³-hybridized carbons (Fsp3) is 1.00. The molecule has 2 aliphatic rings. The van der Waals surface area contributed by atoms with Crippen molar-refractivity contribution in [2.75, 3.05) is 13.2 Å². The summed E-state index contributed by atoms with van der Waals surface area (Å²) in [6, 6.07) is 0. The summed E-state index contributed by atoms with van der Waals surface area (Å²) >= 11 is 0. The molecule has 2 fully saturated rings. The van der Waals surface area contributed by atoms with Crippen molar-refractivity contribution in [1.29, 1.82) is 0 Å². The molecule has 2 rings (SSSR count). The fourth-order valence-corrected chi connectivity index (χ4v) is 1.68. The van der Waals surface area contributed by atoms with Crippen LogP contribution in [0.2, 0.25) is 0 Å². The zero-order valence-corrected chi connectivity index (χ0v) is 6.64. The predicted molar refractivity (Wildman–Crippen MR) is 39.6 cm³/mol. The minimum atomic E-state index is -0.0488. The summed E-state index contributed by atoms with van der Waals surface area (Å²) in [5.41, 5.74) is 0.251. The van der Waals surface area contributed by atoms with Gasteiger partial charge in [-0.15, -0.1) is 0 Å². The first kappa shape index (κ1) is 7.53. The molecule has 1 aliphatic carbocycles. The molecule has 0 aromatic heterocycles. The summed E-state index contributed by atoms with van der Waals surface area (Å²) < 4.78 is 5.71. The van der Waals surface area contributed by atoms with Crippen molar-refractivity contribution in [3.63, 3.8) is 0 Å². The Hall–Kier alpha value is -0.120.